The van der Waals surface area contributed by atoms with Gasteiger partial charge < -0.3 is 19.4 Å². The summed E-state index contributed by atoms with van der Waals surface area (Å²) in [5.41, 5.74) is 0.360. The summed E-state index contributed by atoms with van der Waals surface area (Å²) in [6, 6.07) is 9.61. The second-order valence-electron chi connectivity index (χ2n) is 6.82. The molecule has 1 fully saturated rings. The van der Waals surface area contributed by atoms with Crippen molar-refractivity contribution >= 4 is 13.2 Å². The van der Waals surface area contributed by atoms with E-state index in [0.717, 1.165) is 18.3 Å². The molecule has 0 aliphatic carbocycles. The Labute approximate surface area is 138 Å². The number of hydrogen-bond acceptors (Lipinski definition) is 4. The maximum Gasteiger partial charge on any atom is 0.457 e. The highest BCUT2D eigenvalue weighted by molar-refractivity contribution is 6.45. The van der Waals surface area contributed by atoms with Crippen LogP contribution in [0.5, 0.6) is 0 Å². The van der Waals surface area contributed by atoms with E-state index in [2.05, 4.69) is 5.32 Å². The van der Waals surface area contributed by atoms with Crippen molar-refractivity contribution in [3.05, 3.63) is 35.9 Å². The highest BCUT2D eigenvalue weighted by atomic mass is 16.7. The van der Waals surface area contributed by atoms with Crippen molar-refractivity contribution in [3.63, 3.8) is 0 Å². The second-order valence-corrected chi connectivity index (χ2v) is 6.82. The van der Waals surface area contributed by atoms with E-state index >= 15 is 0 Å². The van der Waals surface area contributed by atoms with Gasteiger partial charge in [0, 0.05) is 6.54 Å². The van der Waals surface area contributed by atoms with E-state index < -0.39 is 6.09 Å². The summed E-state index contributed by atoms with van der Waals surface area (Å²) >= 11 is 0. The summed E-state index contributed by atoms with van der Waals surface area (Å²) < 4.78 is 17.0. The van der Waals surface area contributed by atoms with Gasteiger partial charge in [-0.1, -0.05) is 30.3 Å². The number of rotatable bonds is 6. The fraction of sp³-hybridized carbons (Fsp3) is 0.588. The Morgan fingerprint density at radius 1 is 1.13 bits per heavy atom. The monoisotopic (exact) mass is 319 g/mol. The molecule has 1 saturated heterocycles. The van der Waals surface area contributed by atoms with Crippen LogP contribution in [0.3, 0.4) is 0 Å². The number of ether oxygens (including phenoxy) is 1. The lowest BCUT2D eigenvalue weighted by atomic mass is 9.83. The quantitative estimate of drug-likeness (QED) is 0.645. The minimum absolute atomic E-state index is 0.220. The predicted molar refractivity (Wildman–Crippen MR) is 90.1 cm³/mol. The van der Waals surface area contributed by atoms with E-state index in [1.807, 2.05) is 58.0 Å². The van der Waals surface area contributed by atoms with Gasteiger partial charge in [0.05, 0.1) is 11.2 Å². The molecular weight excluding hydrogens is 293 g/mol. The van der Waals surface area contributed by atoms with Gasteiger partial charge in [-0.05, 0) is 46.0 Å². The van der Waals surface area contributed by atoms with Gasteiger partial charge in [0.15, 0.2) is 0 Å². The van der Waals surface area contributed by atoms with Gasteiger partial charge in [0.25, 0.3) is 0 Å². The molecule has 2 rings (SSSR count). The van der Waals surface area contributed by atoms with Crippen molar-refractivity contribution in [1.82, 2.24) is 5.32 Å². The fourth-order valence-electron chi connectivity index (χ4n) is 2.32. The first-order chi connectivity index (χ1) is 10.8. The number of carbonyl (C=O) groups excluding carboxylic acids is 1. The predicted octanol–water partition coefficient (Wildman–Crippen LogP) is 3.40. The summed E-state index contributed by atoms with van der Waals surface area (Å²) in [4.78, 5) is 11.6. The minimum atomic E-state index is -0.400. The molecule has 1 aromatic carbocycles. The Morgan fingerprint density at radius 2 is 1.74 bits per heavy atom. The molecular formula is C17H26BNO4. The first-order valence-electron chi connectivity index (χ1n) is 8.10. The van der Waals surface area contributed by atoms with Gasteiger partial charge in [-0.2, -0.15) is 0 Å². The van der Waals surface area contributed by atoms with Crippen LogP contribution in [0, 0.1) is 0 Å². The fourth-order valence-corrected chi connectivity index (χ4v) is 2.32. The van der Waals surface area contributed by atoms with Crippen molar-refractivity contribution in [3.8, 4) is 0 Å². The number of amides is 1. The Morgan fingerprint density at radius 3 is 2.35 bits per heavy atom. The van der Waals surface area contributed by atoms with E-state index in [9.17, 15) is 4.79 Å². The lowest BCUT2D eigenvalue weighted by molar-refractivity contribution is 0.00578. The van der Waals surface area contributed by atoms with E-state index in [1.54, 1.807) is 0 Å². The van der Waals surface area contributed by atoms with E-state index in [0.29, 0.717) is 6.54 Å². The molecule has 1 N–H and O–H groups in total. The molecule has 5 nitrogen and oxygen atoms in total. The number of benzene rings is 1. The Kier molecular flexibility index (Phi) is 5.71. The van der Waals surface area contributed by atoms with Crippen molar-refractivity contribution < 1.29 is 18.8 Å². The average Bonchev–Trinajstić information content (AvgIpc) is 2.70. The van der Waals surface area contributed by atoms with Crippen molar-refractivity contribution in [1.29, 1.82) is 0 Å². The van der Waals surface area contributed by atoms with Crippen LogP contribution in [0.15, 0.2) is 30.3 Å². The molecule has 0 unspecified atom stereocenters. The van der Waals surface area contributed by atoms with Gasteiger partial charge in [-0.3, -0.25) is 0 Å². The second kappa shape index (κ2) is 7.36. The molecule has 1 aliphatic rings. The average molecular weight is 319 g/mol. The molecule has 126 valence electrons. The number of nitrogens with one attached hydrogen (secondary N) is 1. The van der Waals surface area contributed by atoms with E-state index in [1.165, 1.54) is 0 Å². The Balaban J connectivity index is 1.60. The van der Waals surface area contributed by atoms with Crippen LogP contribution in [-0.2, 0) is 20.7 Å². The zero-order valence-electron chi connectivity index (χ0n) is 14.4. The standard InChI is InChI=1S/C17H26BNO4/c1-16(2)17(3,4)23-18(22-16)11-8-12-19-15(20)21-13-14-9-6-5-7-10-14/h5-7,9-10H,8,11-13H2,1-4H3,(H,19,20). The summed E-state index contributed by atoms with van der Waals surface area (Å²) in [7, 11) is -0.220. The molecule has 1 heterocycles. The SMILES string of the molecule is CC1(C)OB(CCCNC(=O)OCc2ccccc2)OC1(C)C. The highest BCUT2D eigenvalue weighted by Gasteiger charge is 2.50. The van der Waals surface area contributed by atoms with Crippen molar-refractivity contribution in [2.45, 2.75) is 58.2 Å². The number of alkyl carbamates (subject to hydrolysis) is 1. The van der Waals surface area contributed by atoms with E-state index in [4.69, 9.17) is 14.0 Å². The molecule has 23 heavy (non-hydrogen) atoms. The largest absolute Gasteiger partial charge is 0.457 e. The third kappa shape index (κ3) is 4.98. The van der Waals surface area contributed by atoms with Gasteiger partial charge in [-0.25, -0.2) is 4.79 Å². The topological polar surface area (TPSA) is 56.8 Å². The molecule has 6 heteroatoms. The molecule has 0 spiro atoms. The minimum Gasteiger partial charge on any atom is -0.445 e. The van der Waals surface area contributed by atoms with Crippen LogP contribution in [0.25, 0.3) is 0 Å². The lowest BCUT2D eigenvalue weighted by Gasteiger charge is -2.32. The lowest BCUT2D eigenvalue weighted by Crippen LogP contribution is -2.41. The normalized spacial score (nSPS) is 18.7. The summed E-state index contributed by atoms with van der Waals surface area (Å²) in [6.07, 6.45) is 1.12. The molecule has 0 saturated carbocycles. The van der Waals surface area contributed by atoms with Crippen LogP contribution in [0.1, 0.15) is 39.7 Å². The highest BCUT2D eigenvalue weighted by Crippen LogP contribution is 2.37. The van der Waals surface area contributed by atoms with Crippen LogP contribution in [-0.4, -0.2) is 31.0 Å². The van der Waals surface area contributed by atoms with Crippen LogP contribution in [0.2, 0.25) is 6.32 Å². The molecule has 0 aromatic heterocycles. The molecule has 0 bridgehead atoms. The molecule has 1 aliphatic heterocycles. The van der Waals surface area contributed by atoms with Crippen molar-refractivity contribution in [2.24, 2.45) is 0 Å². The Bertz CT molecular complexity index is 503. The maximum atomic E-state index is 11.6. The van der Waals surface area contributed by atoms with Crippen LogP contribution < -0.4 is 5.32 Å². The van der Waals surface area contributed by atoms with E-state index in [-0.39, 0.29) is 24.9 Å². The van der Waals surface area contributed by atoms with Gasteiger partial charge in [-0.15, -0.1) is 0 Å². The number of hydrogen-bond donors (Lipinski definition) is 1. The van der Waals surface area contributed by atoms with Crippen LogP contribution in [0.4, 0.5) is 4.79 Å². The third-order valence-electron chi connectivity index (χ3n) is 4.40. The summed E-state index contributed by atoms with van der Waals surface area (Å²) in [5.74, 6) is 0. The smallest absolute Gasteiger partial charge is 0.445 e. The third-order valence-corrected chi connectivity index (χ3v) is 4.40. The first kappa shape index (κ1) is 17.8. The summed E-state index contributed by atoms with van der Waals surface area (Å²) in [6.45, 7) is 8.96. The maximum absolute atomic E-state index is 11.6. The Hall–Kier alpha value is -1.53. The molecule has 0 atom stereocenters. The number of carbonyl (C=O) groups is 1. The zero-order chi connectivity index (χ0) is 16.9. The van der Waals surface area contributed by atoms with Gasteiger partial charge in [0.2, 0.25) is 0 Å². The van der Waals surface area contributed by atoms with Crippen LogP contribution >= 0.6 is 0 Å². The van der Waals surface area contributed by atoms with Crippen molar-refractivity contribution in [2.75, 3.05) is 6.54 Å². The van der Waals surface area contributed by atoms with Gasteiger partial charge >= 0.3 is 13.2 Å². The molecule has 1 aromatic rings. The molecule has 1 amide bonds. The first-order valence-corrected chi connectivity index (χ1v) is 8.10. The molecule has 0 radical (unpaired) electrons. The zero-order valence-corrected chi connectivity index (χ0v) is 14.4. The summed E-state index contributed by atoms with van der Waals surface area (Å²) in [5, 5.41) is 2.75. The van der Waals surface area contributed by atoms with Gasteiger partial charge in [0.1, 0.15) is 6.61 Å².